The number of carbonyl (C=O) groups is 1. The van der Waals surface area contributed by atoms with Crippen LogP contribution in [0, 0.1) is 0 Å². The van der Waals surface area contributed by atoms with E-state index in [0.29, 0.717) is 24.5 Å². The highest BCUT2D eigenvalue weighted by Gasteiger charge is 2.21. The first kappa shape index (κ1) is 16.0. The van der Waals surface area contributed by atoms with E-state index in [0.717, 1.165) is 28.7 Å². The first-order valence-corrected chi connectivity index (χ1v) is 7.76. The third-order valence-corrected chi connectivity index (χ3v) is 4.52. The molecule has 0 N–H and O–H groups in total. The van der Waals surface area contributed by atoms with Gasteiger partial charge < -0.3 is 9.47 Å². The van der Waals surface area contributed by atoms with Crippen LogP contribution in [0.4, 0.5) is 0 Å². The van der Waals surface area contributed by atoms with Gasteiger partial charge in [0, 0.05) is 25.1 Å². The third kappa shape index (κ3) is 3.47. The molecule has 0 unspecified atom stereocenters. The van der Waals surface area contributed by atoms with Crippen LogP contribution in [0.3, 0.4) is 0 Å². The molecule has 1 fully saturated rings. The van der Waals surface area contributed by atoms with Crippen molar-refractivity contribution in [1.82, 2.24) is 4.90 Å². The number of hydrogen-bond donors (Lipinski definition) is 0. The second kappa shape index (κ2) is 7.09. The van der Waals surface area contributed by atoms with E-state index in [4.69, 9.17) is 9.47 Å². The van der Waals surface area contributed by atoms with Crippen molar-refractivity contribution in [2.24, 2.45) is 0 Å². The van der Waals surface area contributed by atoms with Gasteiger partial charge in [-0.05, 0) is 46.2 Å². The van der Waals surface area contributed by atoms with Crippen molar-refractivity contribution in [3.05, 3.63) is 27.7 Å². The average molecular weight is 354 g/mol. The summed E-state index contributed by atoms with van der Waals surface area (Å²) >= 11 is 3.54. The van der Waals surface area contributed by atoms with Gasteiger partial charge in [-0.2, -0.15) is 0 Å². The van der Waals surface area contributed by atoms with Crippen molar-refractivity contribution in [2.75, 3.05) is 33.9 Å². The molecule has 0 bridgehead atoms. The molecular formula is C16H20BrNO3. The number of halogens is 1. The fraction of sp³-hybridized carbons (Fsp3) is 0.438. The van der Waals surface area contributed by atoms with Gasteiger partial charge in [0.15, 0.2) is 17.3 Å². The molecule has 2 rings (SSSR count). The number of benzene rings is 1. The van der Waals surface area contributed by atoms with Crippen molar-refractivity contribution in [2.45, 2.75) is 13.3 Å². The van der Waals surface area contributed by atoms with E-state index in [9.17, 15) is 4.79 Å². The molecule has 0 spiro atoms. The van der Waals surface area contributed by atoms with E-state index in [1.165, 1.54) is 0 Å². The van der Waals surface area contributed by atoms with Crippen molar-refractivity contribution in [3.63, 3.8) is 0 Å². The molecule has 5 heteroatoms. The topological polar surface area (TPSA) is 38.8 Å². The van der Waals surface area contributed by atoms with Crippen LogP contribution >= 0.6 is 15.9 Å². The summed E-state index contributed by atoms with van der Waals surface area (Å²) in [5, 5.41) is 0. The zero-order valence-corrected chi connectivity index (χ0v) is 14.2. The molecule has 21 heavy (non-hydrogen) atoms. The molecular weight excluding hydrogens is 334 g/mol. The summed E-state index contributed by atoms with van der Waals surface area (Å²) in [5.41, 5.74) is 1.77. The number of likely N-dealkylation sites (tertiary alicyclic amines) is 1. The minimum Gasteiger partial charge on any atom is -0.493 e. The fourth-order valence-corrected chi connectivity index (χ4v) is 3.03. The molecule has 0 aromatic heterocycles. The highest BCUT2D eigenvalue weighted by Crippen LogP contribution is 2.38. The summed E-state index contributed by atoms with van der Waals surface area (Å²) in [5.74, 6) is 1.53. The Balaban J connectivity index is 2.37. The Morgan fingerprint density at radius 1 is 1.33 bits per heavy atom. The maximum Gasteiger partial charge on any atom is 0.175 e. The predicted molar refractivity (Wildman–Crippen MR) is 87.0 cm³/mol. The normalized spacial score (nSPS) is 18.1. The largest absolute Gasteiger partial charge is 0.493 e. The monoisotopic (exact) mass is 353 g/mol. The van der Waals surface area contributed by atoms with Gasteiger partial charge in [0.05, 0.1) is 18.7 Å². The summed E-state index contributed by atoms with van der Waals surface area (Å²) in [6.07, 6.45) is 2.53. The predicted octanol–water partition coefficient (Wildman–Crippen LogP) is 3.14. The van der Waals surface area contributed by atoms with Gasteiger partial charge in [0.1, 0.15) is 0 Å². The van der Waals surface area contributed by atoms with Crippen LogP contribution in [0.15, 0.2) is 22.2 Å². The summed E-state index contributed by atoms with van der Waals surface area (Å²) in [6, 6.07) is 3.78. The van der Waals surface area contributed by atoms with E-state index in [1.807, 2.05) is 18.2 Å². The number of carbonyl (C=O) groups excluding carboxylic acids is 1. The lowest BCUT2D eigenvalue weighted by molar-refractivity contribution is -0.117. The number of likely N-dealkylation sites (N-methyl/N-ethyl adjacent to an activating group) is 1. The summed E-state index contributed by atoms with van der Waals surface area (Å²) in [6.45, 7) is 4.62. The van der Waals surface area contributed by atoms with Gasteiger partial charge in [-0.3, -0.25) is 9.69 Å². The third-order valence-electron chi connectivity index (χ3n) is 3.70. The standard InChI is InChI=1S/C16H20BrNO3/c1-4-18-8-7-13(19)12(10-18)9-11-5-6-14(20-2)16(21-3)15(11)17/h5-6,9H,4,7-8,10H2,1-3H3/b12-9+. The molecule has 1 saturated heterocycles. The highest BCUT2D eigenvalue weighted by molar-refractivity contribution is 9.10. The number of piperidine rings is 1. The molecule has 1 aliphatic heterocycles. The number of nitrogens with zero attached hydrogens (tertiary/aromatic N) is 1. The molecule has 1 aromatic rings. The van der Waals surface area contributed by atoms with E-state index >= 15 is 0 Å². The molecule has 0 radical (unpaired) electrons. The molecule has 4 nitrogen and oxygen atoms in total. The Hall–Kier alpha value is -1.33. The zero-order valence-electron chi connectivity index (χ0n) is 12.6. The SMILES string of the molecule is CCN1CCC(=O)/C(=C/c2ccc(OC)c(OC)c2Br)C1. The number of methoxy groups -OCH3 is 2. The molecule has 1 aliphatic rings. The number of rotatable bonds is 4. The van der Waals surface area contributed by atoms with E-state index in [2.05, 4.69) is 27.8 Å². The van der Waals surface area contributed by atoms with Gasteiger partial charge in [-0.1, -0.05) is 6.92 Å². The van der Waals surface area contributed by atoms with Crippen LogP contribution in [-0.2, 0) is 4.79 Å². The first-order chi connectivity index (χ1) is 10.1. The Bertz CT molecular complexity index is 569. The Kier molecular flexibility index (Phi) is 5.42. The van der Waals surface area contributed by atoms with Gasteiger partial charge >= 0.3 is 0 Å². The lowest BCUT2D eigenvalue weighted by atomic mass is 10.00. The first-order valence-electron chi connectivity index (χ1n) is 6.97. The minimum atomic E-state index is 0.224. The van der Waals surface area contributed by atoms with Gasteiger partial charge in [0.25, 0.3) is 0 Å². The second-order valence-corrected chi connectivity index (χ2v) is 5.71. The van der Waals surface area contributed by atoms with Gasteiger partial charge in [-0.25, -0.2) is 0 Å². The second-order valence-electron chi connectivity index (χ2n) is 4.92. The van der Waals surface area contributed by atoms with Crippen molar-refractivity contribution >= 4 is 27.8 Å². The van der Waals surface area contributed by atoms with Crippen LogP contribution in [-0.4, -0.2) is 44.5 Å². The van der Waals surface area contributed by atoms with E-state index in [1.54, 1.807) is 14.2 Å². The van der Waals surface area contributed by atoms with Crippen LogP contribution in [0.1, 0.15) is 18.9 Å². The summed E-state index contributed by atoms with van der Waals surface area (Å²) < 4.78 is 11.4. The average Bonchev–Trinajstić information content (AvgIpc) is 2.50. The van der Waals surface area contributed by atoms with Crippen LogP contribution < -0.4 is 9.47 Å². The molecule has 0 atom stereocenters. The summed E-state index contributed by atoms with van der Waals surface area (Å²) in [7, 11) is 3.20. The van der Waals surface area contributed by atoms with Crippen molar-refractivity contribution in [1.29, 1.82) is 0 Å². The summed E-state index contributed by atoms with van der Waals surface area (Å²) in [4.78, 5) is 14.3. The molecule has 1 aromatic carbocycles. The lowest BCUT2D eigenvalue weighted by Gasteiger charge is -2.26. The Labute approximate surface area is 133 Å². The molecule has 0 aliphatic carbocycles. The fourth-order valence-electron chi connectivity index (χ4n) is 2.43. The smallest absolute Gasteiger partial charge is 0.175 e. The molecule has 0 saturated carbocycles. The van der Waals surface area contributed by atoms with Crippen LogP contribution in [0.2, 0.25) is 0 Å². The van der Waals surface area contributed by atoms with Gasteiger partial charge in [-0.15, -0.1) is 0 Å². The highest BCUT2D eigenvalue weighted by atomic mass is 79.9. The van der Waals surface area contributed by atoms with Gasteiger partial charge in [0.2, 0.25) is 0 Å². The molecule has 114 valence electrons. The van der Waals surface area contributed by atoms with E-state index in [-0.39, 0.29) is 5.78 Å². The molecule has 1 heterocycles. The number of Topliss-reactive ketones (excluding diaryl/α,β-unsaturated/α-hetero) is 1. The zero-order chi connectivity index (χ0) is 15.4. The maximum absolute atomic E-state index is 12.1. The number of ether oxygens (including phenoxy) is 2. The Morgan fingerprint density at radius 3 is 2.71 bits per heavy atom. The van der Waals surface area contributed by atoms with Crippen molar-refractivity contribution < 1.29 is 14.3 Å². The maximum atomic E-state index is 12.1. The van der Waals surface area contributed by atoms with Crippen molar-refractivity contribution in [3.8, 4) is 11.5 Å². The minimum absolute atomic E-state index is 0.224. The number of ketones is 1. The van der Waals surface area contributed by atoms with Crippen LogP contribution in [0.5, 0.6) is 11.5 Å². The quantitative estimate of drug-likeness (QED) is 0.779. The number of hydrogen-bond acceptors (Lipinski definition) is 4. The van der Waals surface area contributed by atoms with E-state index < -0.39 is 0 Å². The molecule has 0 amide bonds. The lowest BCUT2D eigenvalue weighted by Crippen LogP contribution is -2.35. The Morgan fingerprint density at radius 2 is 2.10 bits per heavy atom. The van der Waals surface area contributed by atoms with Crippen LogP contribution in [0.25, 0.3) is 6.08 Å².